The van der Waals surface area contributed by atoms with Gasteiger partial charge in [-0.3, -0.25) is 14.5 Å². The predicted octanol–water partition coefficient (Wildman–Crippen LogP) is 2.37. The molecule has 0 aliphatic carbocycles. The molecule has 7 nitrogen and oxygen atoms in total. The molecule has 1 atom stereocenters. The summed E-state index contributed by atoms with van der Waals surface area (Å²) >= 11 is 0. The highest BCUT2D eigenvalue weighted by atomic mass is 19.4. The normalized spacial score (nSPS) is 16.5. The predicted molar refractivity (Wildman–Crippen MR) is 108 cm³/mol. The first kappa shape index (κ1) is 25.0. The van der Waals surface area contributed by atoms with Gasteiger partial charge in [0.1, 0.15) is 18.5 Å². The molecule has 1 aliphatic rings. The maximum atomic E-state index is 14.6. The number of nitrogens with one attached hydrogen (secondary N) is 1. The van der Waals surface area contributed by atoms with Crippen molar-refractivity contribution < 1.29 is 31.9 Å². The molecular weight excluding hydrogens is 420 g/mol. The van der Waals surface area contributed by atoms with E-state index < -0.39 is 35.9 Å². The zero-order valence-corrected chi connectivity index (χ0v) is 17.8. The molecule has 0 saturated carbocycles. The number of halogens is 4. The second-order valence-corrected chi connectivity index (χ2v) is 8.58. The number of anilines is 2. The van der Waals surface area contributed by atoms with Gasteiger partial charge in [0.2, 0.25) is 5.91 Å². The molecule has 0 bridgehead atoms. The minimum absolute atomic E-state index is 0.0393. The minimum atomic E-state index is -4.53. The number of carbonyl (C=O) groups is 2. The molecule has 1 fully saturated rings. The van der Waals surface area contributed by atoms with Crippen LogP contribution in [0.15, 0.2) is 18.2 Å². The third-order valence-electron chi connectivity index (χ3n) is 4.53. The second kappa shape index (κ2) is 9.92. The lowest BCUT2D eigenvalue weighted by molar-refractivity contribution is -0.156. The van der Waals surface area contributed by atoms with Crippen LogP contribution in [0.5, 0.6) is 0 Å². The molecule has 31 heavy (non-hydrogen) atoms. The lowest BCUT2D eigenvalue weighted by Crippen LogP contribution is -2.54. The van der Waals surface area contributed by atoms with Gasteiger partial charge in [0.25, 0.3) is 5.91 Å². The van der Waals surface area contributed by atoms with Crippen molar-refractivity contribution in [3.8, 4) is 0 Å². The summed E-state index contributed by atoms with van der Waals surface area (Å²) in [6, 6.07) is 2.48. The number of rotatable bonds is 7. The lowest BCUT2D eigenvalue weighted by atomic mass is 9.95. The van der Waals surface area contributed by atoms with Crippen molar-refractivity contribution in [1.29, 1.82) is 0 Å². The Morgan fingerprint density at radius 2 is 1.97 bits per heavy atom. The van der Waals surface area contributed by atoms with Crippen LogP contribution in [-0.4, -0.2) is 68.3 Å². The maximum absolute atomic E-state index is 14.6. The van der Waals surface area contributed by atoms with E-state index in [9.17, 15) is 27.2 Å². The van der Waals surface area contributed by atoms with Gasteiger partial charge >= 0.3 is 6.18 Å². The summed E-state index contributed by atoms with van der Waals surface area (Å²) in [6.07, 6.45) is -4.53. The van der Waals surface area contributed by atoms with Crippen LogP contribution >= 0.6 is 0 Å². The van der Waals surface area contributed by atoms with E-state index in [1.165, 1.54) is 17.0 Å². The first-order valence-electron chi connectivity index (χ1n) is 9.80. The Bertz CT molecular complexity index is 780. The number of alkyl halides is 3. The van der Waals surface area contributed by atoms with Gasteiger partial charge in [0, 0.05) is 25.3 Å². The zero-order chi connectivity index (χ0) is 23.4. The number of ether oxygens (including phenoxy) is 1. The largest absolute Gasteiger partial charge is 0.401 e. The maximum Gasteiger partial charge on any atom is 0.401 e. The van der Waals surface area contributed by atoms with Crippen molar-refractivity contribution in [3.63, 3.8) is 0 Å². The Kier molecular flexibility index (Phi) is 8.01. The van der Waals surface area contributed by atoms with Crippen molar-refractivity contribution >= 4 is 23.2 Å². The van der Waals surface area contributed by atoms with Crippen LogP contribution in [-0.2, 0) is 14.3 Å². The highest BCUT2D eigenvalue weighted by Gasteiger charge is 2.37. The smallest absolute Gasteiger partial charge is 0.370 e. The molecule has 1 saturated heterocycles. The van der Waals surface area contributed by atoms with Crippen LogP contribution in [0.2, 0.25) is 0 Å². The molecule has 3 N–H and O–H groups in total. The number of hydrogen-bond donors (Lipinski definition) is 2. The Balaban J connectivity index is 2.19. The fourth-order valence-electron chi connectivity index (χ4n) is 3.32. The van der Waals surface area contributed by atoms with E-state index in [1.807, 2.05) is 0 Å². The van der Waals surface area contributed by atoms with E-state index in [0.717, 1.165) is 11.0 Å². The number of morpholine rings is 1. The topological polar surface area (TPSA) is 87.9 Å². The Hall–Kier alpha value is -2.24. The van der Waals surface area contributed by atoms with Crippen LogP contribution < -0.4 is 16.0 Å². The zero-order valence-electron chi connectivity index (χ0n) is 17.8. The summed E-state index contributed by atoms with van der Waals surface area (Å²) in [5.41, 5.74) is 5.17. The summed E-state index contributed by atoms with van der Waals surface area (Å²) < 4.78 is 58.8. The molecule has 0 aromatic heterocycles. The van der Waals surface area contributed by atoms with Gasteiger partial charge in [-0.05, 0) is 23.6 Å². The second-order valence-electron chi connectivity index (χ2n) is 8.58. The van der Waals surface area contributed by atoms with Crippen LogP contribution in [0.1, 0.15) is 20.8 Å². The van der Waals surface area contributed by atoms with Crippen molar-refractivity contribution in [3.05, 3.63) is 24.0 Å². The average Bonchev–Trinajstić information content (AvgIpc) is 2.61. The first-order chi connectivity index (χ1) is 14.3. The average molecular weight is 448 g/mol. The molecule has 174 valence electrons. The number of benzene rings is 1. The number of nitrogens with two attached hydrogens (primary N) is 1. The standard InChI is InChI=1S/C20H28F4N4O3/c1-19(2,3)11-27(12-20(22,23)24)16(9-25)18(30)26-15-5-4-13(8-14(15)21)28-6-7-31-10-17(28)29/h4-5,8,16H,6-7,9-12,25H2,1-3H3,(H,26,30)/t16-/m0/s1. The van der Waals surface area contributed by atoms with Gasteiger partial charge in [0.05, 0.1) is 18.8 Å². The van der Waals surface area contributed by atoms with Gasteiger partial charge in [-0.2, -0.15) is 13.2 Å². The SMILES string of the molecule is CC(C)(C)CN(CC(F)(F)F)[C@@H](CN)C(=O)Nc1ccc(N2CCOCC2=O)cc1F. The fourth-order valence-corrected chi connectivity index (χ4v) is 3.32. The molecule has 0 spiro atoms. The molecule has 1 aromatic rings. The van der Waals surface area contributed by atoms with Crippen molar-refractivity contribution in [2.45, 2.75) is 33.0 Å². The van der Waals surface area contributed by atoms with Crippen molar-refractivity contribution in [1.82, 2.24) is 4.90 Å². The molecule has 0 unspecified atom stereocenters. The lowest BCUT2D eigenvalue weighted by Gasteiger charge is -2.35. The molecule has 11 heteroatoms. The van der Waals surface area contributed by atoms with Crippen molar-refractivity contribution in [2.75, 3.05) is 49.6 Å². The van der Waals surface area contributed by atoms with Crippen molar-refractivity contribution in [2.24, 2.45) is 11.1 Å². The number of amides is 2. The molecule has 1 aliphatic heterocycles. The van der Waals surface area contributed by atoms with Crippen LogP contribution in [0.3, 0.4) is 0 Å². The van der Waals surface area contributed by atoms with E-state index in [-0.39, 0.29) is 37.8 Å². The van der Waals surface area contributed by atoms with E-state index >= 15 is 0 Å². The van der Waals surface area contributed by atoms with Gasteiger partial charge in [-0.15, -0.1) is 0 Å². The number of carbonyl (C=O) groups excluding carboxylic acids is 2. The highest BCUT2D eigenvalue weighted by Crippen LogP contribution is 2.26. The highest BCUT2D eigenvalue weighted by molar-refractivity contribution is 5.97. The first-order valence-corrected chi connectivity index (χ1v) is 9.80. The summed E-state index contributed by atoms with van der Waals surface area (Å²) in [5.74, 6) is -1.99. The molecule has 2 amide bonds. The summed E-state index contributed by atoms with van der Waals surface area (Å²) in [4.78, 5) is 26.9. The molecular formula is C20H28F4N4O3. The van der Waals surface area contributed by atoms with Gasteiger partial charge in [-0.1, -0.05) is 20.8 Å². The van der Waals surface area contributed by atoms with E-state index in [0.29, 0.717) is 12.3 Å². The van der Waals surface area contributed by atoms with Gasteiger partial charge in [0.15, 0.2) is 0 Å². The Labute approximate surface area is 178 Å². The van der Waals surface area contributed by atoms with Crippen LogP contribution in [0, 0.1) is 11.2 Å². The van der Waals surface area contributed by atoms with E-state index in [4.69, 9.17) is 10.5 Å². The minimum Gasteiger partial charge on any atom is -0.370 e. The van der Waals surface area contributed by atoms with Crippen LogP contribution in [0.25, 0.3) is 0 Å². The molecule has 1 aromatic carbocycles. The van der Waals surface area contributed by atoms with E-state index in [1.54, 1.807) is 20.8 Å². The molecule has 0 radical (unpaired) electrons. The monoisotopic (exact) mass is 448 g/mol. The third-order valence-corrected chi connectivity index (χ3v) is 4.53. The fraction of sp³-hybridized carbons (Fsp3) is 0.600. The quantitative estimate of drug-likeness (QED) is 0.626. The summed E-state index contributed by atoms with van der Waals surface area (Å²) in [5, 5.41) is 2.32. The van der Waals surface area contributed by atoms with E-state index in [2.05, 4.69) is 5.32 Å². The van der Waals surface area contributed by atoms with Crippen LogP contribution in [0.4, 0.5) is 28.9 Å². The Morgan fingerprint density at radius 1 is 1.29 bits per heavy atom. The van der Waals surface area contributed by atoms with Gasteiger partial charge < -0.3 is 20.7 Å². The number of hydrogen-bond acceptors (Lipinski definition) is 5. The summed E-state index contributed by atoms with van der Waals surface area (Å²) in [6.45, 7) is 3.96. The Morgan fingerprint density at radius 3 is 2.48 bits per heavy atom. The number of nitrogens with zero attached hydrogens (tertiary/aromatic N) is 2. The summed E-state index contributed by atoms with van der Waals surface area (Å²) in [7, 11) is 0. The van der Waals surface area contributed by atoms with Gasteiger partial charge in [-0.25, -0.2) is 4.39 Å². The molecule has 1 heterocycles. The third kappa shape index (κ3) is 7.44. The molecule has 2 rings (SSSR count).